The molecule has 0 aromatic heterocycles. The zero-order valence-electron chi connectivity index (χ0n) is 15.3. The maximum atomic E-state index is 11.0. The van der Waals surface area contributed by atoms with Crippen molar-refractivity contribution in [2.24, 2.45) is 5.18 Å². The lowest BCUT2D eigenvalue weighted by Crippen LogP contribution is -2.52. The molecule has 0 N–H and O–H groups in total. The highest BCUT2D eigenvalue weighted by Gasteiger charge is 2.27. The molecule has 2 fully saturated rings. The predicted octanol–water partition coefficient (Wildman–Crippen LogP) is 2.95. The molecule has 6 heteroatoms. The van der Waals surface area contributed by atoms with Crippen molar-refractivity contribution < 1.29 is 4.74 Å². The number of benzene rings is 1. The molecular weight excluding hydrogens is 316 g/mol. The van der Waals surface area contributed by atoms with E-state index in [-0.39, 0.29) is 0 Å². The van der Waals surface area contributed by atoms with Gasteiger partial charge in [-0.3, -0.25) is 4.90 Å². The number of methoxy groups -OCH3 is 1. The SMILES string of the molecule is C=Cc1cc(N=O)c(OC)cc1N1CCC(N2CCN(C)CC2)CC1. The maximum absolute atomic E-state index is 11.0. The summed E-state index contributed by atoms with van der Waals surface area (Å²) in [6.45, 7) is 10.6. The molecule has 0 saturated carbocycles. The van der Waals surface area contributed by atoms with E-state index in [1.807, 2.05) is 6.07 Å². The van der Waals surface area contributed by atoms with E-state index in [2.05, 4.69) is 33.5 Å². The van der Waals surface area contributed by atoms with Crippen molar-refractivity contribution >= 4 is 17.5 Å². The Morgan fingerprint density at radius 3 is 2.40 bits per heavy atom. The van der Waals surface area contributed by atoms with Crippen LogP contribution in [0.4, 0.5) is 11.4 Å². The van der Waals surface area contributed by atoms with Gasteiger partial charge in [0.2, 0.25) is 0 Å². The van der Waals surface area contributed by atoms with Crippen LogP contribution < -0.4 is 9.64 Å². The van der Waals surface area contributed by atoms with Gasteiger partial charge in [-0.2, -0.15) is 0 Å². The lowest BCUT2D eigenvalue weighted by Gasteiger charge is -2.43. The van der Waals surface area contributed by atoms with E-state index in [4.69, 9.17) is 4.74 Å². The number of piperazine rings is 1. The number of nitrogens with zero attached hydrogens (tertiary/aromatic N) is 4. The van der Waals surface area contributed by atoms with Crippen molar-refractivity contribution in [1.29, 1.82) is 0 Å². The zero-order chi connectivity index (χ0) is 17.8. The summed E-state index contributed by atoms with van der Waals surface area (Å²) in [6.07, 6.45) is 4.11. The van der Waals surface area contributed by atoms with E-state index in [1.54, 1.807) is 19.3 Å². The summed E-state index contributed by atoms with van der Waals surface area (Å²) in [5, 5.41) is 3.06. The fraction of sp³-hybridized carbons (Fsp3) is 0.579. The highest BCUT2D eigenvalue weighted by molar-refractivity contribution is 5.74. The van der Waals surface area contributed by atoms with Crippen LogP contribution in [0.2, 0.25) is 0 Å². The monoisotopic (exact) mass is 344 g/mol. The summed E-state index contributed by atoms with van der Waals surface area (Å²) in [4.78, 5) is 18.4. The molecule has 0 radical (unpaired) electrons. The van der Waals surface area contributed by atoms with Crippen LogP contribution >= 0.6 is 0 Å². The van der Waals surface area contributed by atoms with Gasteiger partial charge in [0.25, 0.3) is 0 Å². The quantitative estimate of drug-likeness (QED) is 0.769. The van der Waals surface area contributed by atoms with Crippen LogP contribution in [-0.2, 0) is 0 Å². The van der Waals surface area contributed by atoms with Crippen molar-refractivity contribution in [2.45, 2.75) is 18.9 Å². The fourth-order valence-corrected chi connectivity index (χ4v) is 3.90. The first kappa shape index (κ1) is 17.9. The first-order chi connectivity index (χ1) is 12.2. The topological polar surface area (TPSA) is 48.4 Å². The number of ether oxygens (including phenoxy) is 1. The van der Waals surface area contributed by atoms with Gasteiger partial charge in [-0.25, -0.2) is 0 Å². The lowest BCUT2D eigenvalue weighted by molar-refractivity contribution is 0.0982. The van der Waals surface area contributed by atoms with Crippen molar-refractivity contribution in [3.05, 3.63) is 29.2 Å². The van der Waals surface area contributed by atoms with Crippen molar-refractivity contribution in [3.63, 3.8) is 0 Å². The van der Waals surface area contributed by atoms with Gasteiger partial charge in [-0.05, 0) is 36.7 Å². The normalized spacial score (nSPS) is 20.5. The molecule has 0 bridgehead atoms. The standard InChI is InChI=1S/C19H28N4O2/c1-4-15-13-17(20-24)19(25-3)14-18(15)23-7-5-16(6-8-23)22-11-9-21(2)10-12-22/h4,13-14,16H,1,5-12H2,2-3H3. The Morgan fingerprint density at radius 2 is 1.84 bits per heavy atom. The number of anilines is 1. The predicted molar refractivity (Wildman–Crippen MR) is 103 cm³/mol. The second kappa shape index (κ2) is 7.97. The Morgan fingerprint density at radius 1 is 1.16 bits per heavy atom. The minimum atomic E-state index is 0.327. The number of hydrogen-bond donors (Lipinski definition) is 0. The largest absolute Gasteiger partial charge is 0.494 e. The minimum absolute atomic E-state index is 0.327. The molecule has 2 saturated heterocycles. The fourth-order valence-electron chi connectivity index (χ4n) is 3.90. The summed E-state index contributed by atoms with van der Waals surface area (Å²) in [7, 11) is 3.77. The number of likely N-dealkylation sites (N-methyl/N-ethyl adjacent to an activating group) is 1. The Balaban J connectivity index is 1.70. The molecule has 1 aromatic rings. The third kappa shape index (κ3) is 3.85. The molecule has 0 amide bonds. The van der Waals surface area contributed by atoms with Gasteiger partial charge < -0.3 is 14.5 Å². The average molecular weight is 344 g/mol. The summed E-state index contributed by atoms with van der Waals surface area (Å²) in [5.74, 6) is 0.525. The molecule has 6 nitrogen and oxygen atoms in total. The summed E-state index contributed by atoms with van der Waals surface area (Å²) >= 11 is 0. The van der Waals surface area contributed by atoms with Crippen LogP contribution in [0.15, 0.2) is 23.9 Å². The molecule has 0 unspecified atom stereocenters. The number of nitroso groups, excluding NO2 is 1. The molecule has 2 aliphatic rings. The molecule has 2 aliphatic heterocycles. The van der Waals surface area contributed by atoms with Gasteiger partial charge in [0.15, 0.2) is 5.69 Å². The second-order valence-corrected chi connectivity index (χ2v) is 6.94. The summed E-state index contributed by atoms with van der Waals surface area (Å²) in [5.41, 5.74) is 2.35. The third-order valence-electron chi connectivity index (χ3n) is 5.51. The van der Waals surface area contributed by atoms with Crippen molar-refractivity contribution in [2.75, 3.05) is 58.3 Å². The molecule has 3 rings (SSSR count). The third-order valence-corrected chi connectivity index (χ3v) is 5.51. The van der Waals surface area contributed by atoms with Crippen molar-refractivity contribution in [1.82, 2.24) is 9.80 Å². The minimum Gasteiger partial charge on any atom is -0.494 e. The van der Waals surface area contributed by atoms with Crippen LogP contribution in [0.25, 0.3) is 6.08 Å². The first-order valence-corrected chi connectivity index (χ1v) is 9.01. The second-order valence-electron chi connectivity index (χ2n) is 6.94. The van der Waals surface area contributed by atoms with E-state index in [0.29, 0.717) is 17.5 Å². The highest BCUT2D eigenvalue weighted by atomic mass is 16.5. The van der Waals surface area contributed by atoms with Crippen LogP contribution in [-0.4, -0.2) is 69.3 Å². The molecule has 2 heterocycles. The van der Waals surface area contributed by atoms with Gasteiger partial charge >= 0.3 is 0 Å². The number of rotatable bonds is 5. The van der Waals surface area contributed by atoms with Gasteiger partial charge in [-0.1, -0.05) is 12.7 Å². The molecule has 1 aromatic carbocycles. The highest BCUT2D eigenvalue weighted by Crippen LogP contribution is 2.37. The van der Waals surface area contributed by atoms with E-state index in [1.165, 1.54) is 13.1 Å². The van der Waals surface area contributed by atoms with E-state index in [9.17, 15) is 4.91 Å². The van der Waals surface area contributed by atoms with Crippen LogP contribution in [0.3, 0.4) is 0 Å². The van der Waals surface area contributed by atoms with Gasteiger partial charge in [0.05, 0.1) is 7.11 Å². The van der Waals surface area contributed by atoms with E-state index in [0.717, 1.165) is 50.3 Å². The smallest absolute Gasteiger partial charge is 0.150 e. The first-order valence-electron chi connectivity index (χ1n) is 9.01. The Kier molecular flexibility index (Phi) is 5.71. The average Bonchev–Trinajstić information content (AvgIpc) is 2.67. The van der Waals surface area contributed by atoms with Gasteiger partial charge in [-0.15, -0.1) is 4.91 Å². The molecule has 0 spiro atoms. The molecule has 136 valence electrons. The van der Waals surface area contributed by atoms with Crippen LogP contribution in [0.5, 0.6) is 5.75 Å². The molecule has 0 aliphatic carbocycles. The summed E-state index contributed by atoms with van der Waals surface area (Å²) < 4.78 is 5.33. The molecular formula is C19H28N4O2. The summed E-state index contributed by atoms with van der Waals surface area (Å²) in [6, 6.07) is 4.36. The zero-order valence-corrected chi connectivity index (χ0v) is 15.3. The number of piperidine rings is 1. The lowest BCUT2D eigenvalue weighted by atomic mass is 10.00. The molecule has 25 heavy (non-hydrogen) atoms. The van der Waals surface area contributed by atoms with E-state index >= 15 is 0 Å². The van der Waals surface area contributed by atoms with E-state index < -0.39 is 0 Å². The van der Waals surface area contributed by atoms with Crippen molar-refractivity contribution in [3.8, 4) is 5.75 Å². The maximum Gasteiger partial charge on any atom is 0.150 e. The Hall–Kier alpha value is -1.92. The number of hydrogen-bond acceptors (Lipinski definition) is 6. The van der Waals surface area contributed by atoms with Gasteiger partial charge in [0.1, 0.15) is 5.75 Å². The Bertz CT molecular complexity index is 618. The molecule has 0 atom stereocenters. The Labute approximate surface area is 150 Å². The van der Waals surface area contributed by atoms with Crippen LogP contribution in [0.1, 0.15) is 18.4 Å². The van der Waals surface area contributed by atoms with Crippen LogP contribution in [0, 0.1) is 4.91 Å². The van der Waals surface area contributed by atoms with Gasteiger partial charge in [0, 0.05) is 57.1 Å².